The quantitative estimate of drug-likeness (QED) is 0.854. The predicted molar refractivity (Wildman–Crippen MR) is 84.2 cm³/mol. The Morgan fingerprint density at radius 3 is 3.00 bits per heavy atom. The number of anilines is 1. The summed E-state index contributed by atoms with van der Waals surface area (Å²) in [7, 11) is 0. The molecule has 1 amide bonds. The van der Waals surface area contributed by atoms with Gasteiger partial charge in [0, 0.05) is 23.7 Å². The van der Waals surface area contributed by atoms with Crippen molar-refractivity contribution < 1.29 is 9.21 Å². The summed E-state index contributed by atoms with van der Waals surface area (Å²) in [5.74, 6) is 0.439. The van der Waals surface area contributed by atoms with E-state index in [-0.39, 0.29) is 5.91 Å². The Morgan fingerprint density at radius 2 is 2.19 bits per heavy atom. The van der Waals surface area contributed by atoms with E-state index in [9.17, 15) is 4.79 Å². The van der Waals surface area contributed by atoms with Crippen LogP contribution in [0.5, 0.6) is 0 Å². The van der Waals surface area contributed by atoms with Gasteiger partial charge in [-0.3, -0.25) is 4.79 Å². The van der Waals surface area contributed by atoms with E-state index in [2.05, 4.69) is 6.92 Å². The average Bonchev–Trinajstić information content (AvgIpc) is 2.75. The van der Waals surface area contributed by atoms with Gasteiger partial charge >= 0.3 is 0 Å². The summed E-state index contributed by atoms with van der Waals surface area (Å²) in [6.07, 6.45) is 5.58. The van der Waals surface area contributed by atoms with Crippen LogP contribution in [-0.2, 0) is 0 Å². The Morgan fingerprint density at radius 1 is 1.33 bits per heavy atom. The van der Waals surface area contributed by atoms with E-state index in [1.165, 1.54) is 12.8 Å². The second-order valence-corrected chi connectivity index (χ2v) is 5.82. The molecule has 0 saturated carbocycles. The van der Waals surface area contributed by atoms with Gasteiger partial charge < -0.3 is 15.1 Å². The molecule has 0 spiro atoms. The van der Waals surface area contributed by atoms with Gasteiger partial charge in [-0.15, -0.1) is 0 Å². The summed E-state index contributed by atoms with van der Waals surface area (Å²) in [5, 5.41) is 0.890. The molecule has 4 heteroatoms. The first kappa shape index (κ1) is 14.0. The molecule has 3 rings (SSSR count). The first-order valence-corrected chi connectivity index (χ1v) is 7.79. The van der Waals surface area contributed by atoms with E-state index in [1.807, 2.05) is 23.1 Å². The molecule has 0 bridgehead atoms. The van der Waals surface area contributed by atoms with Crippen molar-refractivity contribution in [3.05, 3.63) is 30.0 Å². The molecule has 0 aliphatic carbocycles. The topological polar surface area (TPSA) is 59.5 Å². The molecule has 0 radical (unpaired) electrons. The minimum atomic E-state index is 0.0125. The number of carbonyl (C=O) groups excluding carboxylic acids is 1. The molecule has 112 valence electrons. The van der Waals surface area contributed by atoms with Crippen molar-refractivity contribution in [1.82, 2.24) is 4.90 Å². The van der Waals surface area contributed by atoms with E-state index in [4.69, 9.17) is 10.2 Å². The molecule has 2 aromatic rings. The van der Waals surface area contributed by atoms with Gasteiger partial charge in [0.15, 0.2) is 5.76 Å². The third-order valence-corrected chi connectivity index (χ3v) is 4.36. The van der Waals surface area contributed by atoms with Gasteiger partial charge in [-0.2, -0.15) is 0 Å². The Bertz CT molecular complexity index is 647. The SMILES string of the molecule is CCC1CCCCCN1C(=O)c1cc2cc(N)ccc2o1. The largest absolute Gasteiger partial charge is 0.451 e. The van der Waals surface area contributed by atoms with Gasteiger partial charge in [0.05, 0.1) is 0 Å². The summed E-state index contributed by atoms with van der Waals surface area (Å²) >= 11 is 0. The number of nitrogens with zero attached hydrogens (tertiary/aromatic N) is 1. The van der Waals surface area contributed by atoms with Crippen LogP contribution in [0, 0.1) is 0 Å². The lowest BCUT2D eigenvalue weighted by Crippen LogP contribution is -2.39. The zero-order valence-corrected chi connectivity index (χ0v) is 12.5. The molecule has 1 atom stereocenters. The van der Waals surface area contributed by atoms with Crippen LogP contribution in [-0.4, -0.2) is 23.4 Å². The number of likely N-dealkylation sites (tertiary alicyclic amines) is 1. The minimum Gasteiger partial charge on any atom is -0.451 e. The third-order valence-electron chi connectivity index (χ3n) is 4.36. The number of rotatable bonds is 2. The Labute approximate surface area is 124 Å². The fourth-order valence-electron chi connectivity index (χ4n) is 3.18. The number of carbonyl (C=O) groups is 1. The van der Waals surface area contributed by atoms with Crippen molar-refractivity contribution in [2.75, 3.05) is 12.3 Å². The number of hydrogen-bond acceptors (Lipinski definition) is 3. The maximum absolute atomic E-state index is 12.8. The highest BCUT2D eigenvalue weighted by Crippen LogP contribution is 2.26. The number of fused-ring (bicyclic) bond motifs is 1. The Hall–Kier alpha value is -1.97. The summed E-state index contributed by atoms with van der Waals surface area (Å²) in [6.45, 7) is 2.98. The lowest BCUT2D eigenvalue weighted by molar-refractivity contribution is 0.0648. The standard InChI is InChI=1S/C17H22N2O2/c1-2-14-6-4-3-5-9-19(14)17(20)16-11-12-10-13(18)7-8-15(12)21-16/h7-8,10-11,14H,2-6,9,18H2,1H3. The molecule has 1 aliphatic heterocycles. The second kappa shape index (κ2) is 5.80. The summed E-state index contributed by atoms with van der Waals surface area (Å²) in [6, 6.07) is 7.60. The van der Waals surface area contributed by atoms with Gasteiger partial charge in [-0.1, -0.05) is 19.8 Å². The molecule has 1 saturated heterocycles. The van der Waals surface area contributed by atoms with Crippen LogP contribution in [0.1, 0.15) is 49.6 Å². The first-order valence-electron chi connectivity index (χ1n) is 7.79. The predicted octanol–water partition coefficient (Wildman–Crippen LogP) is 3.81. The molecule has 21 heavy (non-hydrogen) atoms. The van der Waals surface area contributed by atoms with Crippen LogP contribution in [0.3, 0.4) is 0 Å². The van der Waals surface area contributed by atoms with Crippen molar-refractivity contribution >= 4 is 22.6 Å². The van der Waals surface area contributed by atoms with E-state index in [0.717, 1.165) is 36.8 Å². The van der Waals surface area contributed by atoms with Crippen LogP contribution in [0.4, 0.5) is 5.69 Å². The minimum absolute atomic E-state index is 0.0125. The van der Waals surface area contributed by atoms with Crippen molar-refractivity contribution in [2.24, 2.45) is 0 Å². The number of hydrogen-bond donors (Lipinski definition) is 1. The van der Waals surface area contributed by atoms with Crippen molar-refractivity contribution in [3.63, 3.8) is 0 Å². The van der Waals surface area contributed by atoms with Crippen LogP contribution in [0.15, 0.2) is 28.7 Å². The van der Waals surface area contributed by atoms with Gasteiger partial charge in [-0.25, -0.2) is 0 Å². The number of nitrogen functional groups attached to an aromatic ring is 1. The number of nitrogens with two attached hydrogens (primary N) is 1. The zero-order chi connectivity index (χ0) is 14.8. The number of amides is 1. The first-order chi connectivity index (χ1) is 10.2. The van der Waals surface area contributed by atoms with E-state index >= 15 is 0 Å². The highest BCUT2D eigenvalue weighted by Gasteiger charge is 2.27. The third kappa shape index (κ3) is 2.75. The maximum Gasteiger partial charge on any atom is 0.289 e. The average molecular weight is 286 g/mol. The maximum atomic E-state index is 12.8. The summed E-state index contributed by atoms with van der Waals surface area (Å²) < 4.78 is 5.72. The fraction of sp³-hybridized carbons (Fsp3) is 0.471. The molecule has 1 aromatic heterocycles. The van der Waals surface area contributed by atoms with Crippen LogP contribution < -0.4 is 5.73 Å². The molecular formula is C17H22N2O2. The van der Waals surface area contributed by atoms with E-state index < -0.39 is 0 Å². The summed E-state index contributed by atoms with van der Waals surface area (Å²) in [4.78, 5) is 14.8. The normalized spacial score (nSPS) is 19.7. The molecule has 1 aromatic carbocycles. The van der Waals surface area contributed by atoms with E-state index in [1.54, 1.807) is 6.07 Å². The smallest absolute Gasteiger partial charge is 0.289 e. The number of benzene rings is 1. The van der Waals surface area contributed by atoms with Crippen molar-refractivity contribution in [3.8, 4) is 0 Å². The van der Waals surface area contributed by atoms with Gasteiger partial charge in [-0.05, 0) is 43.5 Å². The van der Waals surface area contributed by atoms with Crippen molar-refractivity contribution in [2.45, 2.75) is 45.1 Å². The highest BCUT2D eigenvalue weighted by molar-refractivity contribution is 5.96. The Balaban J connectivity index is 1.90. The lowest BCUT2D eigenvalue weighted by atomic mass is 10.1. The monoisotopic (exact) mass is 286 g/mol. The zero-order valence-electron chi connectivity index (χ0n) is 12.5. The molecule has 1 aliphatic rings. The van der Waals surface area contributed by atoms with Crippen LogP contribution >= 0.6 is 0 Å². The molecular weight excluding hydrogens is 264 g/mol. The molecule has 2 heterocycles. The second-order valence-electron chi connectivity index (χ2n) is 5.82. The Kier molecular flexibility index (Phi) is 3.86. The fourth-order valence-corrected chi connectivity index (χ4v) is 3.18. The number of furan rings is 1. The molecule has 1 fully saturated rings. The lowest BCUT2D eigenvalue weighted by Gasteiger charge is -2.28. The highest BCUT2D eigenvalue weighted by atomic mass is 16.3. The van der Waals surface area contributed by atoms with Crippen LogP contribution in [0.2, 0.25) is 0 Å². The van der Waals surface area contributed by atoms with Crippen LogP contribution in [0.25, 0.3) is 11.0 Å². The van der Waals surface area contributed by atoms with Gasteiger partial charge in [0.2, 0.25) is 0 Å². The van der Waals surface area contributed by atoms with Gasteiger partial charge in [0.1, 0.15) is 5.58 Å². The van der Waals surface area contributed by atoms with Crippen molar-refractivity contribution in [1.29, 1.82) is 0 Å². The van der Waals surface area contributed by atoms with Gasteiger partial charge in [0.25, 0.3) is 5.91 Å². The van der Waals surface area contributed by atoms with E-state index in [0.29, 0.717) is 17.5 Å². The summed E-state index contributed by atoms with van der Waals surface area (Å²) in [5.41, 5.74) is 7.18. The molecule has 1 unspecified atom stereocenters. The molecule has 4 nitrogen and oxygen atoms in total. The molecule has 2 N–H and O–H groups in total.